The van der Waals surface area contributed by atoms with E-state index in [9.17, 15) is 9.18 Å². The average Bonchev–Trinajstić information content (AvgIpc) is 3.00. The van der Waals surface area contributed by atoms with Crippen molar-refractivity contribution < 1.29 is 13.9 Å². The van der Waals surface area contributed by atoms with Crippen molar-refractivity contribution in [2.45, 2.75) is 25.2 Å². The van der Waals surface area contributed by atoms with Crippen LogP contribution in [0.3, 0.4) is 0 Å². The fourth-order valence-electron chi connectivity index (χ4n) is 2.77. The van der Waals surface area contributed by atoms with Gasteiger partial charge < -0.3 is 9.64 Å². The Morgan fingerprint density at radius 1 is 1.38 bits per heavy atom. The highest BCUT2D eigenvalue weighted by atomic mass is 32.2. The molecule has 2 saturated heterocycles. The lowest BCUT2D eigenvalue weighted by atomic mass is 10.1. The number of ether oxygens (including phenoxy) is 1. The molecule has 114 valence electrons. The van der Waals surface area contributed by atoms with Crippen LogP contribution in [0.5, 0.6) is 0 Å². The van der Waals surface area contributed by atoms with Crippen LogP contribution in [0.25, 0.3) is 0 Å². The van der Waals surface area contributed by atoms with Crippen LogP contribution in [-0.2, 0) is 9.53 Å². The molecule has 1 aromatic rings. The number of carbonyl (C=O) groups is 1. The molecule has 1 amide bonds. The maximum Gasteiger partial charge on any atom is 0.240 e. The zero-order valence-corrected chi connectivity index (χ0v) is 12.7. The fraction of sp³-hybridized carbons (Fsp3) is 0.533. The van der Waals surface area contributed by atoms with Gasteiger partial charge in [0.1, 0.15) is 11.9 Å². The van der Waals surface area contributed by atoms with E-state index in [1.807, 2.05) is 11.8 Å². The second-order valence-electron chi connectivity index (χ2n) is 5.50. The van der Waals surface area contributed by atoms with Crippen LogP contribution in [0.4, 0.5) is 4.39 Å². The first-order chi connectivity index (χ1) is 10.1. The van der Waals surface area contributed by atoms with Crippen LogP contribution in [0, 0.1) is 5.82 Å². The molecule has 0 aromatic heterocycles. The second-order valence-corrected chi connectivity index (χ2v) is 6.53. The highest BCUT2D eigenvalue weighted by molar-refractivity contribution is 7.99. The van der Waals surface area contributed by atoms with Gasteiger partial charge in [0.2, 0.25) is 5.91 Å². The topological polar surface area (TPSA) is 41.6 Å². The lowest BCUT2D eigenvalue weighted by Gasteiger charge is -2.38. The number of hydrogen-bond acceptors (Lipinski definition) is 4. The third kappa shape index (κ3) is 3.39. The van der Waals surface area contributed by atoms with Crippen molar-refractivity contribution in [1.82, 2.24) is 10.2 Å². The van der Waals surface area contributed by atoms with Gasteiger partial charge in [0.15, 0.2) is 0 Å². The predicted octanol–water partition coefficient (Wildman–Crippen LogP) is 1.78. The number of thioether (sulfide) groups is 1. The number of nitrogens with one attached hydrogen (secondary N) is 1. The van der Waals surface area contributed by atoms with Crippen molar-refractivity contribution >= 4 is 17.7 Å². The van der Waals surface area contributed by atoms with E-state index in [2.05, 4.69) is 5.32 Å². The molecule has 0 saturated carbocycles. The molecule has 3 rings (SSSR count). The Morgan fingerprint density at radius 3 is 2.81 bits per heavy atom. The van der Waals surface area contributed by atoms with Gasteiger partial charge in [0.05, 0.1) is 18.7 Å². The number of benzene rings is 1. The van der Waals surface area contributed by atoms with E-state index in [1.54, 1.807) is 23.9 Å². The molecule has 3 atom stereocenters. The summed E-state index contributed by atoms with van der Waals surface area (Å²) in [6, 6.07) is 6.22. The van der Waals surface area contributed by atoms with Gasteiger partial charge >= 0.3 is 0 Å². The van der Waals surface area contributed by atoms with Crippen LogP contribution in [0.15, 0.2) is 24.3 Å². The highest BCUT2D eigenvalue weighted by Crippen LogP contribution is 2.26. The zero-order chi connectivity index (χ0) is 14.8. The Labute approximate surface area is 128 Å². The van der Waals surface area contributed by atoms with Crippen molar-refractivity contribution in [3.05, 3.63) is 35.6 Å². The van der Waals surface area contributed by atoms with Crippen molar-refractivity contribution in [3.63, 3.8) is 0 Å². The van der Waals surface area contributed by atoms with Gasteiger partial charge in [-0.3, -0.25) is 10.1 Å². The number of rotatable bonds is 2. The van der Waals surface area contributed by atoms with Crippen LogP contribution >= 0.6 is 11.8 Å². The number of carbonyl (C=O) groups excluding carboxylic acids is 1. The molecule has 0 bridgehead atoms. The Hall–Kier alpha value is -1.11. The minimum Gasteiger partial charge on any atom is -0.367 e. The molecule has 2 aliphatic heterocycles. The quantitative estimate of drug-likeness (QED) is 0.904. The maximum atomic E-state index is 13.0. The molecule has 0 radical (unpaired) electrons. The number of amides is 1. The van der Waals surface area contributed by atoms with Crippen molar-refractivity contribution in [1.29, 1.82) is 0 Å². The Bertz CT molecular complexity index is 505. The van der Waals surface area contributed by atoms with E-state index in [1.165, 1.54) is 12.1 Å². The maximum absolute atomic E-state index is 13.0. The summed E-state index contributed by atoms with van der Waals surface area (Å²) in [7, 11) is 0. The molecule has 4 nitrogen and oxygen atoms in total. The van der Waals surface area contributed by atoms with E-state index in [-0.39, 0.29) is 30.0 Å². The van der Waals surface area contributed by atoms with Gasteiger partial charge in [-0.05, 0) is 24.6 Å². The summed E-state index contributed by atoms with van der Waals surface area (Å²) in [5.74, 6) is 1.54. The number of halogens is 1. The molecule has 1 aromatic carbocycles. The lowest BCUT2D eigenvalue weighted by molar-refractivity contribution is -0.146. The molecule has 2 fully saturated rings. The molecular weight excluding hydrogens is 291 g/mol. The Balaban J connectivity index is 1.71. The third-order valence-electron chi connectivity index (χ3n) is 3.83. The van der Waals surface area contributed by atoms with E-state index in [0.29, 0.717) is 13.1 Å². The summed E-state index contributed by atoms with van der Waals surface area (Å²) in [5.41, 5.74) is 0.912. The van der Waals surface area contributed by atoms with Crippen molar-refractivity contribution in [2.24, 2.45) is 0 Å². The molecule has 0 unspecified atom stereocenters. The summed E-state index contributed by atoms with van der Waals surface area (Å²) >= 11 is 1.74. The van der Waals surface area contributed by atoms with E-state index < -0.39 is 0 Å². The average molecular weight is 310 g/mol. The first-order valence-corrected chi connectivity index (χ1v) is 8.30. The summed E-state index contributed by atoms with van der Waals surface area (Å²) in [4.78, 5) is 14.4. The standard InChI is InChI=1S/C15H19FN2O2S/c1-10-6-18(15(19)13-8-21-9-17-13)7-14(20-10)11-2-4-12(16)5-3-11/h2-5,10,13-14,17H,6-9H2,1H3/t10-,13+,14+/m0/s1. The smallest absolute Gasteiger partial charge is 0.240 e. The minimum absolute atomic E-state index is 0.0215. The van der Waals surface area contributed by atoms with Gasteiger partial charge in [-0.1, -0.05) is 12.1 Å². The predicted molar refractivity (Wildman–Crippen MR) is 80.5 cm³/mol. The van der Waals surface area contributed by atoms with Crippen LogP contribution in [0.1, 0.15) is 18.6 Å². The summed E-state index contributed by atoms with van der Waals surface area (Å²) in [6.07, 6.45) is -0.209. The summed E-state index contributed by atoms with van der Waals surface area (Å²) < 4.78 is 18.9. The fourth-order valence-corrected chi connectivity index (χ4v) is 3.70. The Kier molecular flexibility index (Phi) is 4.47. The first-order valence-electron chi connectivity index (χ1n) is 7.14. The monoisotopic (exact) mass is 310 g/mol. The molecule has 2 heterocycles. The number of hydrogen-bond donors (Lipinski definition) is 1. The van der Waals surface area contributed by atoms with Crippen molar-refractivity contribution in [2.75, 3.05) is 24.7 Å². The SMILES string of the molecule is C[C@H]1CN(C(=O)[C@H]2CSCN2)C[C@H](c2ccc(F)cc2)O1. The highest BCUT2D eigenvalue weighted by Gasteiger charge is 2.33. The molecule has 0 spiro atoms. The van der Waals surface area contributed by atoms with Crippen LogP contribution < -0.4 is 5.32 Å². The normalized spacial score (nSPS) is 29.6. The van der Waals surface area contributed by atoms with E-state index in [0.717, 1.165) is 17.2 Å². The molecule has 2 aliphatic rings. The van der Waals surface area contributed by atoms with Crippen LogP contribution in [0.2, 0.25) is 0 Å². The Morgan fingerprint density at radius 2 is 2.14 bits per heavy atom. The van der Waals surface area contributed by atoms with Gasteiger partial charge in [-0.25, -0.2) is 4.39 Å². The van der Waals surface area contributed by atoms with Gasteiger partial charge in [-0.2, -0.15) is 0 Å². The van der Waals surface area contributed by atoms with E-state index in [4.69, 9.17) is 4.74 Å². The molecule has 21 heavy (non-hydrogen) atoms. The molecule has 0 aliphatic carbocycles. The minimum atomic E-state index is -0.261. The molecule has 6 heteroatoms. The molecule has 1 N–H and O–H groups in total. The zero-order valence-electron chi connectivity index (χ0n) is 11.9. The molecular formula is C15H19FN2O2S. The summed E-state index contributed by atoms with van der Waals surface area (Å²) in [5, 5.41) is 3.21. The third-order valence-corrected chi connectivity index (χ3v) is 4.77. The van der Waals surface area contributed by atoms with Crippen molar-refractivity contribution in [3.8, 4) is 0 Å². The van der Waals surface area contributed by atoms with Crippen LogP contribution in [-0.4, -0.2) is 47.7 Å². The lowest BCUT2D eigenvalue weighted by Crippen LogP contribution is -2.52. The van der Waals surface area contributed by atoms with E-state index >= 15 is 0 Å². The number of morpholine rings is 1. The van der Waals surface area contributed by atoms with Gasteiger partial charge in [0.25, 0.3) is 0 Å². The van der Waals surface area contributed by atoms with Gasteiger partial charge in [0, 0.05) is 18.2 Å². The summed E-state index contributed by atoms with van der Waals surface area (Å²) in [6.45, 7) is 3.10. The number of nitrogens with zero attached hydrogens (tertiary/aromatic N) is 1. The van der Waals surface area contributed by atoms with Gasteiger partial charge in [-0.15, -0.1) is 11.8 Å². The second kappa shape index (κ2) is 6.34. The first kappa shape index (κ1) is 14.8. The largest absolute Gasteiger partial charge is 0.367 e.